The van der Waals surface area contributed by atoms with Crippen molar-refractivity contribution >= 4 is 23.4 Å². The fraction of sp³-hybridized carbons (Fsp3) is 0.333. The fourth-order valence-corrected chi connectivity index (χ4v) is 1.35. The van der Waals surface area contributed by atoms with Gasteiger partial charge in [0.25, 0.3) is 0 Å². The number of thioether (sulfide) groups is 1. The Morgan fingerprint density at radius 3 is 3.07 bits per heavy atom. The van der Waals surface area contributed by atoms with Gasteiger partial charge in [-0.1, -0.05) is 23.4 Å². The van der Waals surface area contributed by atoms with Crippen LogP contribution in [0.4, 0.5) is 0 Å². The predicted molar refractivity (Wildman–Crippen MR) is 57.8 cm³/mol. The van der Waals surface area contributed by atoms with Crippen molar-refractivity contribution in [3.05, 3.63) is 11.2 Å². The standard InChI is InChI=1S/C9H9ClN2OS/c1-3-4-5-13-8-6-7(10)11-9(12-8)14-2/h1,6H,4-5H2,2H3. The summed E-state index contributed by atoms with van der Waals surface area (Å²) in [6.45, 7) is 0.442. The van der Waals surface area contributed by atoms with Crippen LogP contribution in [0, 0.1) is 12.3 Å². The summed E-state index contributed by atoms with van der Waals surface area (Å²) in [5.74, 6) is 2.94. The minimum absolute atomic E-state index is 0.375. The van der Waals surface area contributed by atoms with Gasteiger partial charge in [0, 0.05) is 12.5 Å². The Balaban J connectivity index is 2.67. The number of aromatic nitrogens is 2. The molecule has 0 aromatic carbocycles. The predicted octanol–water partition coefficient (Wildman–Crippen LogP) is 2.25. The Morgan fingerprint density at radius 1 is 1.64 bits per heavy atom. The molecular weight excluding hydrogens is 220 g/mol. The lowest BCUT2D eigenvalue weighted by Crippen LogP contribution is -1.99. The average Bonchev–Trinajstić information content (AvgIpc) is 2.17. The highest BCUT2D eigenvalue weighted by Crippen LogP contribution is 2.18. The molecule has 0 unspecified atom stereocenters. The molecule has 1 rings (SSSR count). The van der Waals surface area contributed by atoms with Crippen molar-refractivity contribution in [1.82, 2.24) is 9.97 Å². The van der Waals surface area contributed by atoms with Crippen LogP contribution in [0.1, 0.15) is 6.42 Å². The Kier molecular flexibility index (Phi) is 4.57. The molecular formula is C9H9ClN2OS. The molecule has 0 amide bonds. The van der Waals surface area contributed by atoms with E-state index in [-0.39, 0.29) is 0 Å². The highest BCUT2D eigenvalue weighted by atomic mass is 35.5. The zero-order chi connectivity index (χ0) is 10.4. The number of hydrogen-bond donors (Lipinski definition) is 0. The molecule has 0 fully saturated rings. The number of terminal acetylenes is 1. The van der Waals surface area contributed by atoms with E-state index in [9.17, 15) is 0 Å². The van der Waals surface area contributed by atoms with Crippen molar-refractivity contribution < 1.29 is 4.74 Å². The summed E-state index contributed by atoms with van der Waals surface area (Å²) in [6.07, 6.45) is 7.51. The number of halogens is 1. The first-order valence-electron chi connectivity index (χ1n) is 3.91. The minimum atomic E-state index is 0.375. The van der Waals surface area contributed by atoms with Crippen molar-refractivity contribution in [2.24, 2.45) is 0 Å². The highest BCUT2D eigenvalue weighted by molar-refractivity contribution is 7.98. The van der Waals surface area contributed by atoms with Gasteiger partial charge in [0.05, 0.1) is 0 Å². The van der Waals surface area contributed by atoms with E-state index >= 15 is 0 Å². The molecule has 14 heavy (non-hydrogen) atoms. The number of ether oxygens (including phenoxy) is 1. The quantitative estimate of drug-likeness (QED) is 0.260. The Morgan fingerprint density at radius 2 is 2.43 bits per heavy atom. The molecule has 1 aromatic rings. The number of rotatable bonds is 4. The summed E-state index contributed by atoms with van der Waals surface area (Å²) < 4.78 is 5.28. The van der Waals surface area contributed by atoms with Crippen LogP contribution >= 0.6 is 23.4 Å². The zero-order valence-corrected chi connectivity index (χ0v) is 9.23. The lowest BCUT2D eigenvalue weighted by molar-refractivity contribution is 0.311. The Labute approximate surface area is 92.2 Å². The Bertz CT molecular complexity index is 351. The largest absolute Gasteiger partial charge is 0.477 e. The van der Waals surface area contributed by atoms with E-state index < -0.39 is 0 Å². The van der Waals surface area contributed by atoms with Crippen LogP contribution in [0.25, 0.3) is 0 Å². The van der Waals surface area contributed by atoms with Crippen LogP contribution in [0.15, 0.2) is 11.2 Å². The van der Waals surface area contributed by atoms with Crippen LogP contribution in [0.2, 0.25) is 5.15 Å². The average molecular weight is 229 g/mol. The molecule has 0 aliphatic heterocycles. The molecule has 5 heteroatoms. The van der Waals surface area contributed by atoms with Crippen molar-refractivity contribution in [3.63, 3.8) is 0 Å². The fourth-order valence-electron chi connectivity index (χ4n) is 0.757. The first-order valence-corrected chi connectivity index (χ1v) is 5.51. The second-order valence-electron chi connectivity index (χ2n) is 2.32. The molecule has 0 saturated heterocycles. The highest BCUT2D eigenvalue weighted by Gasteiger charge is 2.02. The molecule has 0 atom stereocenters. The summed E-state index contributed by atoms with van der Waals surface area (Å²) in [7, 11) is 0. The van der Waals surface area contributed by atoms with Gasteiger partial charge in [-0.3, -0.25) is 0 Å². The smallest absolute Gasteiger partial charge is 0.218 e. The molecule has 74 valence electrons. The number of nitrogens with zero attached hydrogens (tertiary/aromatic N) is 2. The first kappa shape index (κ1) is 11.2. The second kappa shape index (κ2) is 5.74. The van der Waals surface area contributed by atoms with Gasteiger partial charge in [-0.05, 0) is 6.26 Å². The van der Waals surface area contributed by atoms with E-state index in [0.717, 1.165) is 0 Å². The molecule has 0 aliphatic carbocycles. The van der Waals surface area contributed by atoms with Crippen LogP contribution in [-0.2, 0) is 0 Å². The van der Waals surface area contributed by atoms with Gasteiger partial charge < -0.3 is 4.74 Å². The van der Waals surface area contributed by atoms with E-state index in [1.807, 2.05) is 6.26 Å². The van der Waals surface area contributed by atoms with Gasteiger partial charge >= 0.3 is 0 Å². The normalized spacial score (nSPS) is 9.50. The summed E-state index contributed by atoms with van der Waals surface area (Å²) in [6, 6.07) is 1.57. The van der Waals surface area contributed by atoms with Gasteiger partial charge in [-0.15, -0.1) is 12.3 Å². The third-order valence-electron chi connectivity index (χ3n) is 1.33. The summed E-state index contributed by atoms with van der Waals surface area (Å²) in [4.78, 5) is 8.08. The van der Waals surface area contributed by atoms with E-state index in [1.54, 1.807) is 6.07 Å². The maximum atomic E-state index is 5.76. The van der Waals surface area contributed by atoms with E-state index in [1.165, 1.54) is 11.8 Å². The van der Waals surface area contributed by atoms with Crippen LogP contribution in [0.5, 0.6) is 5.88 Å². The van der Waals surface area contributed by atoms with Crippen LogP contribution < -0.4 is 4.74 Å². The molecule has 0 spiro atoms. The summed E-state index contributed by atoms with van der Waals surface area (Å²) in [5, 5.41) is 0.966. The van der Waals surface area contributed by atoms with E-state index in [2.05, 4.69) is 15.9 Å². The molecule has 3 nitrogen and oxygen atoms in total. The lowest BCUT2D eigenvalue weighted by atomic mass is 10.5. The minimum Gasteiger partial charge on any atom is -0.477 e. The maximum absolute atomic E-state index is 5.76. The van der Waals surface area contributed by atoms with Gasteiger partial charge in [0.2, 0.25) is 5.88 Å². The Hall–Kier alpha value is -0.920. The third-order valence-corrected chi connectivity index (χ3v) is 2.07. The van der Waals surface area contributed by atoms with Crippen molar-refractivity contribution in [2.45, 2.75) is 11.6 Å². The van der Waals surface area contributed by atoms with Crippen LogP contribution in [0.3, 0.4) is 0 Å². The van der Waals surface area contributed by atoms with Crippen molar-refractivity contribution in [1.29, 1.82) is 0 Å². The first-order chi connectivity index (χ1) is 6.76. The topological polar surface area (TPSA) is 35.0 Å². The number of hydrogen-bond acceptors (Lipinski definition) is 4. The SMILES string of the molecule is C#CCCOc1cc(Cl)nc(SC)n1. The molecule has 0 saturated carbocycles. The van der Waals surface area contributed by atoms with E-state index in [0.29, 0.717) is 29.2 Å². The van der Waals surface area contributed by atoms with Gasteiger partial charge in [0.15, 0.2) is 5.16 Å². The zero-order valence-electron chi connectivity index (χ0n) is 7.66. The molecule has 0 N–H and O–H groups in total. The molecule has 0 bridgehead atoms. The van der Waals surface area contributed by atoms with Gasteiger partial charge in [0.1, 0.15) is 11.8 Å². The maximum Gasteiger partial charge on any atom is 0.218 e. The van der Waals surface area contributed by atoms with Crippen molar-refractivity contribution in [2.75, 3.05) is 12.9 Å². The molecule has 1 aromatic heterocycles. The van der Waals surface area contributed by atoms with Gasteiger partial charge in [-0.2, -0.15) is 4.98 Å². The monoisotopic (exact) mass is 228 g/mol. The summed E-state index contributed by atoms with van der Waals surface area (Å²) in [5.41, 5.74) is 0. The third kappa shape index (κ3) is 3.44. The lowest BCUT2D eigenvalue weighted by Gasteiger charge is -2.04. The molecule has 0 aliphatic rings. The van der Waals surface area contributed by atoms with Gasteiger partial charge in [-0.25, -0.2) is 4.98 Å². The van der Waals surface area contributed by atoms with Crippen LogP contribution in [-0.4, -0.2) is 22.8 Å². The molecule has 1 heterocycles. The summed E-state index contributed by atoms with van der Waals surface area (Å²) >= 11 is 7.17. The second-order valence-corrected chi connectivity index (χ2v) is 3.48. The van der Waals surface area contributed by atoms with Crippen molar-refractivity contribution in [3.8, 4) is 18.2 Å². The molecule has 0 radical (unpaired) electrons. The van der Waals surface area contributed by atoms with E-state index in [4.69, 9.17) is 22.8 Å².